The molecular formula is C7H10BrNO2S3. The molecule has 0 saturated carbocycles. The lowest BCUT2D eigenvalue weighted by molar-refractivity contribution is 0.573. The third-order valence-electron chi connectivity index (χ3n) is 1.44. The average Bonchev–Trinajstić information content (AvgIpc) is 2.51. The van der Waals surface area contributed by atoms with Gasteiger partial charge in [-0.3, -0.25) is 0 Å². The first kappa shape index (κ1) is 12.5. The lowest BCUT2D eigenvalue weighted by Gasteiger charge is -2.09. The quantitative estimate of drug-likeness (QED) is 0.836. The summed E-state index contributed by atoms with van der Waals surface area (Å²) in [5, 5.41) is 0. The molecule has 0 saturated heterocycles. The maximum Gasteiger partial charge on any atom is 0.250 e. The number of nitrogens with one attached hydrogen (secondary N) is 1. The van der Waals surface area contributed by atoms with E-state index in [9.17, 15) is 8.42 Å². The summed E-state index contributed by atoms with van der Waals surface area (Å²) in [7, 11) is -3.36. The van der Waals surface area contributed by atoms with Crippen LogP contribution in [0.4, 0.5) is 0 Å². The zero-order chi connectivity index (χ0) is 10.8. The van der Waals surface area contributed by atoms with Gasteiger partial charge in [0.1, 0.15) is 4.21 Å². The zero-order valence-corrected chi connectivity index (χ0v) is 11.5. The predicted octanol–water partition coefficient (Wildman–Crippen LogP) is 2.11. The van der Waals surface area contributed by atoms with E-state index in [0.717, 1.165) is 3.79 Å². The minimum Gasteiger partial charge on any atom is -0.207 e. The summed E-state index contributed by atoms with van der Waals surface area (Å²) in [6.07, 6.45) is 0. The molecule has 7 heteroatoms. The topological polar surface area (TPSA) is 46.2 Å². The number of sulfonamides is 1. The molecule has 0 aliphatic rings. The Morgan fingerprint density at radius 2 is 2.29 bits per heavy atom. The van der Waals surface area contributed by atoms with Crippen LogP contribution >= 0.6 is 39.9 Å². The van der Waals surface area contributed by atoms with E-state index in [4.69, 9.17) is 0 Å². The van der Waals surface area contributed by atoms with Gasteiger partial charge in [0, 0.05) is 11.8 Å². The molecule has 1 atom stereocenters. The number of hydrogen-bond acceptors (Lipinski definition) is 4. The van der Waals surface area contributed by atoms with Gasteiger partial charge in [0.15, 0.2) is 0 Å². The monoisotopic (exact) mass is 315 g/mol. The second-order valence-corrected chi connectivity index (χ2v) is 7.53. The Labute approximate surface area is 101 Å². The van der Waals surface area contributed by atoms with Crippen molar-refractivity contribution in [3.8, 4) is 0 Å². The Kier molecular flexibility index (Phi) is 4.45. The summed E-state index contributed by atoms with van der Waals surface area (Å²) in [5.41, 5.74) is 0. The van der Waals surface area contributed by atoms with E-state index in [1.807, 2.05) is 0 Å². The highest BCUT2D eigenvalue weighted by atomic mass is 79.9. The first-order valence-corrected chi connectivity index (χ1v) is 7.57. The molecule has 14 heavy (non-hydrogen) atoms. The number of hydrogen-bond donors (Lipinski definition) is 2. The van der Waals surface area contributed by atoms with Crippen LogP contribution < -0.4 is 4.72 Å². The molecule has 0 spiro atoms. The van der Waals surface area contributed by atoms with Crippen LogP contribution in [0.5, 0.6) is 0 Å². The van der Waals surface area contributed by atoms with Gasteiger partial charge in [0.2, 0.25) is 10.0 Å². The molecule has 1 N–H and O–H groups in total. The normalized spacial score (nSPS) is 14.2. The van der Waals surface area contributed by atoms with E-state index in [-0.39, 0.29) is 6.04 Å². The molecule has 3 nitrogen and oxygen atoms in total. The summed E-state index contributed by atoms with van der Waals surface area (Å²) in [5.74, 6) is 0.478. The standard InChI is InChI=1S/C7H10BrNO2S3/c1-5(4-12)9-14(10,11)7-3-2-6(8)13-7/h2-3,5,9,12H,4H2,1H3. The largest absolute Gasteiger partial charge is 0.250 e. The van der Waals surface area contributed by atoms with E-state index >= 15 is 0 Å². The maximum atomic E-state index is 11.7. The lowest BCUT2D eigenvalue weighted by atomic mass is 10.4. The molecule has 0 radical (unpaired) electrons. The Morgan fingerprint density at radius 3 is 2.71 bits per heavy atom. The Hall–Kier alpha value is 0.440. The van der Waals surface area contributed by atoms with Crippen molar-refractivity contribution in [1.82, 2.24) is 4.72 Å². The molecule has 1 unspecified atom stereocenters. The minimum atomic E-state index is -3.36. The smallest absolute Gasteiger partial charge is 0.207 e. The van der Waals surface area contributed by atoms with Gasteiger partial charge in [-0.05, 0) is 35.0 Å². The van der Waals surface area contributed by atoms with Crippen molar-refractivity contribution in [1.29, 1.82) is 0 Å². The average molecular weight is 316 g/mol. The Bertz CT molecular complexity index is 401. The number of halogens is 1. The van der Waals surface area contributed by atoms with Gasteiger partial charge in [-0.25, -0.2) is 13.1 Å². The van der Waals surface area contributed by atoms with E-state index in [2.05, 4.69) is 33.3 Å². The van der Waals surface area contributed by atoms with Crippen molar-refractivity contribution in [2.75, 3.05) is 5.75 Å². The fourth-order valence-corrected chi connectivity index (χ4v) is 4.29. The molecule has 1 rings (SSSR count). The molecule has 1 heterocycles. The summed E-state index contributed by atoms with van der Waals surface area (Å²) >= 11 is 8.42. The third kappa shape index (κ3) is 3.23. The number of thiol groups is 1. The van der Waals surface area contributed by atoms with Gasteiger partial charge in [-0.15, -0.1) is 11.3 Å². The second-order valence-electron chi connectivity index (χ2n) is 2.76. The van der Waals surface area contributed by atoms with E-state index in [0.29, 0.717) is 9.96 Å². The van der Waals surface area contributed by atoms with Gasteiger partial charge in [-0.1, -0.05) is 0 Å². The Morgan fingerprint density at radius 1 is 1.64 bits per heavy atom. The van der Waals surface area contributed by atoms with Gasteiger partial charge in [-0.2, -0.15) is 12.6 Å². The number of rotatable bonds is 4. The van der Waals surface area contributed by atoms with Crippen molar-refractivity contribution >= 4 is 49.9 Å². The van der Waals surface area contributed by atoms with E-state index in [1.165, 1.54) is 11.3 Å². The van der Waals surface area contributed by atoms with Crippen LogP contribution in [0.3, 0.4) is 0 Å². The fourth-order valence-electron chi connectivity index (χ4n) is 0.802. The van der Waals surface area contributed by atoms with Crippen LogP contribution in [0.1, 0.15) is 6.92 Å². The molecule has 0 aliphatic carbocycles. The molecule has 0 amide bonds. The summed E-state index contributed by atoms with van der Waals surface area (Å²) in [6, 6.07) is 3.12. The summed E-state index contributed by atoms with van der Waals surface area (Å²) in [4.78, 5) is 0. The third-order valence-corrected chi connectivity index (χ3v) is 5.70. The molecule has 0 aromatic carbocycles. The number of thiophene rings is 1. The predicted molar refractivity (Wildman–Crippen MR) is 65.7 cm³/mol. The van der Waals surface area contributed by atoms with Gasteiger partial charge in [0.05, 0.1) is 3.79 Å². The van der Waals surface area contributed by atoms with Crippen LogP contribution in [0.25, 0.3) is 0 Å². The first-order chi connectivity index (χ1) is 6.45. The SMILES string of the molecule is CC(CS)NS(=O)(=O)c1ccc(Br)s1. The summed E-state index contributed by atoms with van der Waals surface area (Å²) < 4.78 is 27.0. The van der Waals surface area contributed by atoms with Gasteiger partial charge in [0.25, 0.3) is 0 Å². The van der Waals surface area contributed by atoms with Gasteiger partial charge >= 0.3 is 0 Å². The van der Waals surface area contributed by atoms with Crippen LogP contribution in [0, 0.1) is 0 Å². The van der Waals surface area contributed by atoms with Crippen molar-refractivity contribution in [2.45, 2.75) is 17.2 Å². The van der Waals surface area contributed by atoms with Crippen molar-refractivity contribution in [3.63, 3.8) is 0 Å². The molecule has 0 bridgehead atoms. The van der Waals surface area contributed by atoms with Crippen molar-refractivity contribution in [2.24, 2.45) is 0 Å². The molecule has 1 aromatic heterocycles. The minimum absolute atomic E-state index is 0.163. The van der Waals surface area contributed by atoms with Crippen LogP contribution in [0.2, 0.25) is 0 Å². The highest BCUT2D eigenvalue weighted by Gasteiger charge is 2.18. The maximum absolute atomic E-state index is 11.7. The second kappa shape index (κ2) is 4.98. The van der Waals surface area contributed by atoms with Crippen molar-refractivity contribution < 1.29 is 8.42 Å². The van der Waals surface area contributed by atoms with Crippen molar-refractivity contribution in [3.05, 3.63) is 15.9 Å². The van der Waals surface area contributed by atoms with Crippen LogP contribution in [0.15, 0.2) is 20.1 Å². The molecular weight excluding hydrogens is 306 g/mol. The molecule has 0 aliphatic heterocycles. The Balaban J connectivity index is 2.86. The van der Waals surface area contributed by atoms with Crippen LogP contribution in [-0.4, -0.2) is 20.2 Å². The molecule has 1 aromatic rings. The van der Waals surface area contributed by atoms with E-state index in [1.54, 1.807) is 19.1 Å². The fraction of sp³-hybridized carbons (Fsp3) is 0.429. The highest BCUT2D eigenvalue weighted by molar-refractivity contribution is 9.11. The molecule has 80 valence electrons. The lowest BCUT2D eigenvalue weighted by Crippen LogP contribution is -2.33. The zero-order valence-electron chi connectivity index (χ0n) is 7.40. The molecule has 0 fully saturated rings. The highest BCUT2D eigenvalue weighted by Crippen LogP contribution is 2.25. The first-order valence-electron chi connectivity index (χ1n) is 3.84. The van der Waals surface area contributed by atoms with E-state index < -0.39 is 10.0 Å². The summed E-state index contributed by atoms with van der Waals surface area (Å²) in [6.45, 7) is 1.77. The van der Waals surface area contributed by atoms with Gasteiger partial charge < -0.3 is 0 Å². The van der Waals surface area contributed by atoms with Crippen LogP contribution in [-0.2, 0) is 10.0 Å².